The smallest absolute Gasteiger partial charge is 0.240 e. The quantitative estimate of drug-likeness (QED) is 0.159. The van der Waals surface area contributed by atoms with Crippen molar-refractivity contribution in [3.8, 4) is 23.1 Å². The van der Waals surface area contributed by atoms with E-state index in [9.17, 15) is 0 Å². The summed E-state index contributed by atoms with van der Waals surface area (Å²) in [7, 11) is 0. The topological polar surface area (TPSA) is 55.8 Å². The van der Waals surface area contributed by atoms with Gasteiger partial charge in [-0.3, -0.25) is 0 Å². The van der Waals surface area contributed by atoms with E-state index in [2.05, 4.69) is 91.6 Å². The van der Waals surface area contributed by atoms with Crippen LogP contribution in [0.4, 0.5) is 0 Å². The number of H-pyrrole nitrogens is 1. The lowest BCUT2D eigenvalue weighted by Crippen LogP contribution is -2.11. The van der Waals surface area contributed by atoms with Gasteiger partial charge in [0.25, 0.3) is 0 Å². The van der Waals surface area contributed by atoms with E-state index in [-0.39, 0.29) is 16.7 Å². The molecule has 0 amide bonds. The molecule has 274 valence electrons. The predicted octanol–water partition coefficient (Wildman–Crippen LogP) is 14.1. The van der Waals surface area contributed by atoms with Gasteiger partial charge in [-0.2, -0.15) is 0 Å². The summed E-state index contributed by atoms with van der Waals surface area (Å²) in [4.78, 5) is 9.92. The van der Waals surface area contributed by atoms with Crippen LogP contribution in [0.25, 0.3) is 5.76 Å². The first kappa shape index (κ1) is 38.6. The van der Waals surface area contributed by atoms with Crippen LogP contribution in [0, 0.1) is 20.8 Å². The summed E-state index contributed by atoms with van der Waals surface area (Å²) in [5.74, 6) is 2.88. The van der Waals surface area contributed by atoms with Gasteiger partial charge in [0.2, 0.25) is 11.8 Å². The molecule has 53 heavy (non-hydrogen) atoms. The van der Waals surface area contributed by atoms with Gasteiger partial charge in [0.15, 0.2) is 5.76 Å². The van der Waals surface area contributed by atoms with Gasteiger partial charge in [-0.05, 0) is 126 Å². The molecule has 0 fully saturated rings. The van der Waals surface area contributed by atoms with E-state index in [0.29, 0.717) is 60.3 Å². The molecule has 2 heterocycles. The average molecular weight is 786 g/mol. The number of aliphatic imine (C=N–C) groups is 1. The number of ether oxygens (including phenoxy) is 3. The van der Waals surface area contributed by atoms with Gasteiger partial charge >= 0.3 is 0 Å². The molecule has 5 aromatic rings. The van der Waals surface area contributed by atoms with Crippen molar-refractivity contribution in [2.24, 2.45) is 4.99 Å². The molecule has 0 bridgehead atoms. The number of thioether (sulfide) groups is 1. The number of halogens is 3. The van der Waals surface area contributed by atoms with Crippen molar-refractivity contribution in [1.82, 2.24) is 4.98 Å². The van der Waals surface area contributed by atoms with Crippen LogP contribution in [0.5, 0.6) is 23.1 Å². The molecular weight excluding hydrogens is 743 g/mol. The molecule has 1 aliphatic rings. The second-order valence-corrected chi connectivity index (χ2v) is 17.5. The molecule has 0 saturated heterocycles. The monoisotopic (exact) mass is 784 g/mol. The number of hydrogen-bond acceptors (Lipinski definition) is 5. The number of aromatic amines is 1. The van der Waals surface area contributed by atoms with Gasteiger partial charge in [0.05, 0.1) is 10.6 Å². The lowest BCUT2D eigenvalue weighted by molar-refractivity contribution is 0.462. The third kappa shape index (κ3) is 9.01. The van der Waals surface area contributed by atoms with Crippen molar-refractivity contribution in [1.29, 1.82) is 0 Å². The Bertz CT molecular complexity index is 2210. The summed E-state index contributed by atoms with van der Waals surface area (Å²) < 4.78 is 19.5. The minimum atomic E-state index is -0.00601. The fourth-order valence-electron chi connectivity index (χ4n) is 5.62. The Morgan fingerprint density at radius 3 is 1.72 bits per heavy atom. The molecule has 0 radical (unpaired) electrons. The van der Waals surface area contributed by atoms with Crippen LogP contribution < -0.4 is 14.2 Å². The molecule has 5 nitrogen and oxygen atoms in total. The molecular formula is C44H43Cl3N2O3S. The van der Waals surface area contributed by atoms with Gasteiger partial charge in [-0.1, -0.05) is 112 Å². The summed E-state index contributed by atoms with van der Waals surface area (Å²) in [6.07, 6.45) is 0. The lowest BCUT2D eigenvalue weighted by atomic mass is 9.87. The molecule has 1 aromatic heterocycles. The first-order valence-electron chi connectivity index (χ1n) is 17.3. The van der Waals surface area contributed by atoms with Crippen molar-refractivity contribution in [3.63, 3.8) is 0 Å². The van der Waals surface area contributed by atoms with Crippen LogP contribution in [-0.4, -0.2) is 10.9 Å². The highest BCUT2D eigenvalue weighted by Gasteiger charge is 2.32. The number of hydrogen-bond donors (Lipinski definition) is 1. The third-order valence-electron chi connectivity index (χ3n) is 9.04. The molecule has 0 saturated carbocycles. The van der Waals surface area contributed by atoms with Crippen LogP contribution in [0.15, 0.2) is 117 Å². The lowest BCUT2D eigenvalue weighted by Gasteiger charge is -2.19. The molecule has 0 atom stereocenters. The van der Waals surface area contributed by atoms with Gasteiger partial charge < -0.3 is 19.2 Å². The predicted molar refractivity (Wildman–Crippen MR) is 223 cm³/mol. The molecule has 1 aliphatic heterocycles. The molecule has 4 aromatic carbocycles. The Kier molecular flexibility index (Phi) is 11.2. The minimum absolute atomic E-state index is 0.00601. The largest absolute Gasteiger partial charge is 0.453 e. The SMILES string of the molecule is Cc1cc(O/C(=C2/N=C(Oc3ccc(C(C)(C)C)cc3)C(Cl)=C2Sc2ccc(Cl)cc2)c2cc(Cl)c(Oc3ccc(C(C)(C)C)cc3)[nH]2)cc(C)c1C. The summed E-state index contributed by atoms with van der Waals surface area (Å²) in [5.41, 5.74) is 6.78. The number of benzene rings is 4. The Hall–Kier alpha value is -4.07. The maximum atomic E-state index is 7.19. The summed E-state index contributed by atoms with van der Waals surface area (Å²) in [6.45, 7) is 19.3. The van der Waals surface area contributed by atoms with Crippen molar-refractivity contribution in [2.45, 2.75) is 78.0 Å². The van der Waals surface area contributed by atoms with E-state index in [1.807, 2.05) is 60.7 Å². The number of aromatic nitrogens is 1. The Morgan fingerprint density at radius 2 is 1.19 bits per heavy atom. The first-order valence-corrected chi connectivity index (χ1v) is 19.3. The van der Waals surface area contributed by atoms with Crippen molar-refractivity contribution < 1.29 is 14.2 Å². The highest BCUT2D eigenvalue weighted by molar-refractivity contribution is 8.03. The molecule has 9 heteroatoms. The standard InChI is InChI=1S/C44H43Cl3N2O3S/c1-25-22-33(23-26(2)27(25)3)50-39(36-24-35(46)41(48-36)51-31-16-10-28(11-17-31)43(4,5)6)38-40(53-34-20-14-30(45)15-21-34)37(47)42(49-38)52-32-18-12-29(13-19-32)44(7,8)9/h10-24,48H,1-9H3/b39-38+. The van der Waals surface area contributed by atoms with Crippen molar-refractivity contribution in [2.75, 3.05) is 0 Å². The highest BCUT2D eigenvalue weighted by atomic mass is 35.5. The van der Waals surface area contributed by atoms with Gasteiger partial charge in [0, 0.05) is 9.92 Å². The fourth-order valence-corrected chi connectivity index (χ4v) is 7.15. The highest BCUT2D eigenvalue weighted by Crippen LogP contribution is 2.46. The van der Waals surface area contributed by atoms with E-state index in [1.165, 1.54) is 28.5 Å². The fraction of sp³-hybridized carbons (Fsp3) is 0.250. The number of nitrogens with zero attached hydrogens (tertiary/aromatic N) is 1. The first-order chi connectivity index (χ1) is 25.0. The molecule has 0 unspecified atom stereocenters. The van der Waals surface area contributed by atoms with Crippen LogP contribution in [0.2, 0.25) is 10.0 Å². The van der Waals surface area contributed by atoms with Crippen LogP contribution in [0.1, 0.15) is 75.1 Å². The Morgan fingerprint density at radius 1 is 0.660 bits per heavy atom. The van der Waals surface area contributed by atoms with Gasteiger partial charge in [-0.15, -0.1) is 0 Å². The van der Waals surface area contributed by atoms with Gasteiger partial charge in [0.1, 0.15) is 33.0 Å². The second kappa shape index (κ2) is 15.3. The maximum absolute atomic E-state index is 7.19. The second-order valence-electron chi connectivity index (χ2n) is 15.2. The van der Waals surface area contributed by atoms with E-state index in [4.69, 9.17) is 54.0 Å². The van der Waals surface area contributed by atoms with Crippen molar-refractivity contribution >= 4 is 58.2 Å². The third-order valence-corrected chi connectivity index (χ3v) is 11.1. The molecule has 0 aliphatic carbocycles. The normalized spacial score (nSPS) is 14.4. The summed E-state index contributed by atoms with van der Waals surface area (Å²) in [6, 6.07) is 29.3. The minimum Gasteiger partial charge on any atom is -0.453 e. The number of nitrogens with one attached hydrogen (secondary N) is 1. The number of aryl methyl sites for hydroxylation is 2. The average Bonchev–Trinajstić information content (AvgIpc) is 3.60. The van der Waals surface area contributed by atoms with Crippen molar-refractivity contribution in [3.05, 3.63) is 150 Å². The van der Waals surface area contributed by atoms with E-state index >= 15 is 0 Å². The molecule has 1 N–H and O–H groups in total. The Labute approximate surface area is 332 Å². The van der Waals surface area contributed by atoms with E-state index in [0.717, 1.165) is 16.0 Å². The number of rotatable bonds is 8. The zero-order chi connectivity index (χ0) is 38.2. The van der Waals surface area contributed by atoms with Gasteiger partial charge in [-0.25, -0.2) is 4.99 Å². The maximum Gasteiger partial charge on any atom is 0.240 e. The summed E-state index contributed by atoms with van der Waals surface area (Å²) in [5, 5.41) is 1.34. The van der Waals surface area contributed by atoms with Crippen LogP contribution in [-0.2, 0) is 10.8 Å². The zero-order valence-corrected chi connectivity index (χ0v) is 34.5. The zero-order valence-electron chi connectivity index (χ0n) is 31.4. The van der Waals surface area contributed by atoms with Crippen LogP contribution >= 0.6 is 46.6 Å². The van der Waals surface area contributed by atoms with Crippen LogP contribution in [0.3, 0.4) is 0 Å². The molecule has 0 spiro atoms. The summed E-state index contributed by atoms with van der Waals surface area (Å²) >= 11 is 21.7. The van der Waals surface area contributed by atoms with E-state index < -0.39 is 0 Å². The van der Waals surface area contributed by atoms with E-state index in [1.54, 1.807) is 6.07 Å². The molecule has 6 rings (SSSR count). The Balaban J connectivity index is 1.48.